The molecule has 16 rings (SSSR count). The first kappa shape index (κ1) is 41.6. The average Bonchev–Trinajstić information content (AvgIpc) is 4.07. The quantitative estimate of drug-likeness (QED) is 0.152. The van der Waals surface area contributed by atoms with E-state index in [1.807, 2.05) is 0 Å². The van der Waals surface area contributed by atoms with E-state index in [1.165, 1.54) is 149 Å². The summed E-state index contributed by atoms with van der Waals surface area (Å²) >= 11 is 0. The molecular formula is C73H49N. The molecule has 74 heavy (non-hydrogen) atoms. The van der Waals surface area contributed by atoms with Gasteiger partial charge >= 0.3 is 0 Å². The molecule has 0 saturated heterocycles. The highest BCUT2D eigenvalue weighted by Gasteiger charge is 2.52. The zero-order chi connectivity index (χ0) is 48.6. The number of hydrogen-bond donors (Lipinski definition) is 0. The second-order valence-electron chi connectivity index (χ2n) is 21.0. The van der Waals surface area contributed by atoms with E-state index in [9.17, 15) is 0 Å². The van der Waals surface area contributed by atoms with E-state index in [2.05, 4.69) is 260 Å². The molecule has 11 aromatic carbocycles. The third-order valence-corrected chi connectivity index (χ3v) is 17.4. The van der Waals surface area contributed by atoms with Crippen LogP contribution < -0.4 is 10.4 Å². The third kappa shape index (κ3) is 5.64. The highest BCUT2D eigenvalue weighted by Crippen LogP contribution is 2.63. The number of hydrogen-bond acceptors (Lipinski definition) is 0. The van der Waals surface area contributed by atoms with Crippen molar-refractivity contribution < 1.29 is 0 Å². The van der Waals surface area contributed by atoms with E-state index in [-0.39, 0.29) is 0 Å². The number of rotatable bonds is 5. The molecule has 4 aliphatic carbocycles. The standard InChI is InChI=1S/C73H49N/c1-45-50-21-5-9-28-59(50)72(60-29-10-6-22-51(45)60)48-36-39-57-56-38-35-46(42-67(56)73(68(57)44-48)65-32-16-13-25-54(65)55-26-14-17-33-66(55)73)41-63-52-23-7-11-30-61(52)71(62-31-12-8-24-53(62)63)47-37-40-70-64(43-47)58-27-15-18-34-69(58)74(70)49-19-3-2-4-20-49/h2-21,23-40,42-44,51H,22,41H2,1H3. The molecule has 0 bridgehead atoms. The fraction of sp³-hybridized carbons (Fsp3) is 0.0685. The monoisotopic (exact) mass is 939 g/mol. The maximum Gasteiger partial charge on any atom is 0.0725 e. The second kappa shape index (κ2) is 15.7. The maximum atomic E-state index is 2.59. The minimum absolute atomic E-state index is 0.373. The third-order valence-electron chi connectivity index (χ3n) is 17.4. The second-order valence-corrected chi connectivity index (χ2v) is 21.0. The molecule has 346 valence electrons. The summed E-state index contributed by atoms with van der Waals surface area (Å²) in [4.78, 5) is 0. The summed E-state index contributed by atoms with van der Waals surface area (Å²) in [5.74, 6) is 0.373. The van der Waals surface area contributed by atoms with Crippen LogP contribution in [0.1, 0.15) is 52.3 Å². The number of benzene rings is 11. The minimum atomic E-state index is -0.489. The molecule has 12 aromatic rings. The van der Waals surface area contributed by atoms with Crippen LogP contribution in [0.3, 0.4) is 0 Å². The van der Waals surface area contributed by atoms with E-state index in [0.717, 1.165) is 12.8 Å². The molecule has 0 amide bonds. The van der Waals surface area contributed by atoms with Crippen molar-refractivity contribution in [2.24, 2.45) is 5.92 Å². The Bertz CT molecular complexity index is 4510. The minimum Gasteiger partial charge on any atom is -0.309 e. The van der Waals surface area contributed by atoms with Crippen LogP contribution in [0.2, 0.25) is 0 Å². The van der Waals surface area contributed by atoms with E-state index in [0.29, 0.717) is 5.92 Å². The molecule has 0 fully saturated rings. The van der Waals surface area contributed by atoms with Gasteiger partial charge in [0.25, 0.3) is 0 Å². The summed E-state index contributed by atoms with van der Waals surface area (Å²) in [5, 5.41) is 10.4. The van der Waals surface area contributed by atoms with Crippen LogP contribution in [0, 0.1) is 5.92 Å². The Morgan fingerprint density at radius 2 is 1.01 bits per heavy atom. The molecule has 0 aliphatic heterocycles. The summed E-state index contributed by atoms with van der Waals surface area (Å²) in [6, 6.07) is 87.5. The van der Waals surface area contributed by atoms with Gasteiger partial charge in [-0.1, -0.05) is 218 Å². The molecule has 1 nitrogen and oxygen atoms in total. The predicted octanol–water partition coefficient (Wildman–Crippen LogP) is 16.6. The van der Waals surface area contributed by atoms with Crippen LogP contribution >= 0.6 is 0 Å². The van der Waals surface area contributed by atoms with Crippen molar-refractivity contribution in [1.29, 1.82) is 0 Å². The van der Waals surface area contributed by atoms with E-state index in [1.54, 1.807) is 0 Å². The SMILES string of the molecule is CC1=c2ccccc2=C(c2ccc3c(c2)C2(c4ccccc4-c4ccccc42)c2cc(Cc4c5ccccc5c(-c5ccc6c(c5)c5ccccc5n6-c5ccccc5)c5ccccc45)ccc2-3)C2=CC=CCC21. The van der Waals surface area contributed by atoms with Crippen LogP contribution in [0.5, 0.6) is 0 Å². The molecule has 1 aromatic heterocycles. The Morgan fingerprint density at radius 1 is 0.446 bits per heavy atom. The fourth-order valence-electron chi connectivity index (χ4n) is 14.4. The van der Waals surface area contributed by atoms with Gasteiger partial charge in [-0.3, -0.25) is 0 Å². The zero-order valence-corrected chi connectivity index (χ0v) is 41.1. The van der Waals surface area contributed by atoms with Crippen molar-refractivity contribution >= 4 is 54.5 Å². The van der Waals surface area contributed by atoms with Gasteiger partial charge in [-0.05, 0) is 172 Å². The van der Waals surface area contributed by atoms with E-state index in [4.69, 9.17) is 0 Å². The molecule has 0 radical (unpaired) electrons. The molecule has 4 aliphatic rings. The Labute approximate surface area is 430 Å². The molecule has 0 N–H and O–H groups in total. The average molecular weight is 940 g/mol. The van der Waals surface area contributed by atoms with Crippen LogP contribution in [0.15, 0.2) is 254 Å². The van der Waals surface area contributed by atoms with Crippen LogP contribution in [-0.2, 0) is 11.8 Å². The summed E-state index contributed by atoms with van der Waals surface area (Å²) in [5.41, 5.74) is 24.7. The molecule has 1 spiro atoms. The lowest BCUT2D eigenvalue weighted by Gasteiger charge is -2.32. The van der Waals surface area contributed by atoms with Crippen molar-refractivity contribution in [1.82, 2.24) is 4.57 Å². The van der Waals surface area contributed by atoms with Crippen LogP contribution in [0.4, 0.5) is 0 Å². The summed E-state index contributed by atoms with van der Waals surface area (Å²) in [6.45, 7) is 2.35. The summed E-state index contributed by atoms with van der Waals surface area (Å²) in [7, 11) is 0. The smallest absolute Gasteiger partial charge is 0.0725 e. The topological polar surface area (TPSA) is 4.93 Å². The lowest BCUT2D eigenvalue weighted by molar-refractivity contribution is 0.786. The normalized spacial score (nSPS) is 15.6. The Hall–Kier alpha value is -9.04. The van der Waals surface area contributed by atoms with Crippen molar-refractivity contribution in [2.45, 2.75) is 25.2 Å². The lowest BCUT2D eigenvalue weighted by Crippen LogP contribution is -2.36. The fourth-order valence-corrected chi connectivity index (χ4v) is 14.4. The van der Waals surface area contributed by atoms with Crippen molar-refractivity contribution in [3.63, 3.8) is 0 Å². The zero-order valence-electron chi connectivity index (χ0n) is 41.1. The van der Waals surface area contributed by atoms with Crippen LogP contribution in [-0.4, -0.2) is 4.57 Å². The highest BCUT2D eigenvalue weighted by molar-refractivity contribution is 6.17. The molecule has 0 saturated carbocycles. The van der Waals surface area contributed by atoms with Crippen molar-refractivity contribution in [3.05, 3.63) is 304 Å². The largest absolute Gasteiger partial charge is 0.309 e. The first-order valence-electron chi connectivity index (χ1n) is 26.3. The first-order chi connectivity index (χ1) is 36.6. The number of fused-ring (bicyclic) bond motifs is 17. The molecule has 1 atom stereocenters. The Morgan fingerprint density at radius 3 is 1.76 bits per heavy atom. The van der Waals surface area contributed by atoms with Gasteiger partial charge in [0.05, 0.1) is 16.4 Å². The summed E-state index contributed by atoms with van der Waals surface area (Å²) in [6.07, 6.45) is 8.83. The number of para-hydroxylation sites is 2. The van der Waals surface area contributed by atoms with Gasteiger partial charge < -0.3 is 4.57 Å². The van der Waals surface area contributed by atoms with Gasteiger partial charge in [0.2, 0.25) is 0 Å². The van der Waals surface area contributed by atoms with Gasteiger partial charge in [0.15, 0.2) is 0 Å². The van der Waals surface area contributed by atoms with Gasteiger partial charge in [0.1, 0.15) is 0 Å². The Kier molecular flexibility index (Phi) is 8.83. The van der Waals surface area contributed by atoms with E-state index >= 15 is 0 Å². The molecule has 1 unspecified atom stereocenters. The van der Waals surface area contributed by atoms with Gasteiger partial charge in [-0.2, -0.15) is 0 Å². The number of nitrogens with zero attached hydrogens (tertiary/aromatic N) is 1. The summed E-state index contributed by atoms with van der Waals surface area (Å²) < 4.78 is 2.41. The lowest BCUT2D eigenvalue weighted by atomic mass is 9.69. The molecular weight excluding hydrogens is 891 g/mol. The van der Waals surface area contributed by atoms with Gasteiger partial charge in [-0.15, -0.1) is 0 Å². The maximum absolute atomic E-state index is 2.59. The highest BCUT2D eigenvalue weighted by atomic mass is 15.0. The van der Waals surface area contributed by atoms with Gasteiger partial charge in [0, 0.05) is 22.4 Å². The first-order valence-corrected chi connectivity index (χ1v) is 26.3. The molecule has 1 heterocycles. The predicted molar refractivity (Wildman–Crippen MR) is 309 cm³/mol. The van der Waals surface area contributed by atoms with Crippen molar-refractivity contribution in [3.8, 4) is 39.1 Å². The Balaban J connectivity index is 0.893. The number of allylic oxidation sites excluding steroid dienone is 4. The molecule has 1 heteroatoms. The number of aromatic nitrogens is 1. The van der Waals surface area contributed by atoms with E-state index < -0.39 is 5.41 Å². The van der Waals surface area contributed by atoms with Crippen LogP contribution in [0.25, 0.3) is 93.6 Å². The van der Waals surface area contributed by atoms with Gasteiger partial charge in [-0.25, -0.2) is 0 Å². The van der Waals surface area contributed by atoms with Crippen molar-refractivity contribution in [2.75, 3.05) is 0 Å².